The smallest absolute Gasteiger partial charge is 0.355 e. The van der Waals surface area contributed by atoms with Crippen molar-refractivity contribution in [1.29, 1.82) is 0 Å². The topological polar surface area (TPSA) is 79.3 Å². The summed E-state index contributed by atoms with van der Waals surface area (Å²) in [5.41, 5.74) is -0.108. The number of aromatic carboxylic acids is 1. The molecule has 1 amide bonds. The number of amides is 1. The number of rotatable bonds is 4. The van der Waals surface area contributed by atoms with Crippen LogP contribution in [0.3, 0.4) is 0 Å². The maximum atomic E-state index is 13.3. The molecule has 0 spiro atoms. The average molecular weight is 298 g/mol. The first kappa shape index (κ1) is 14.1. The van der Waals surface area contributed by atoms with E-state index in [1.54, 1.807) is 0 Å². The Hall–Kier alpha value is -2.35. The molecule has 1 aromatic carbocycles. The SMILES string of the molecule is O=C(O)c1csc(C(=O)NCc2ccc(F)cc2F)n1. The summed E-state index contributed by atoms with van der Waals surface area (Å²) in [5.74, 6) is -3.32. The second-order valence-electron chi connectivity index (χ2n) is 3.76. The Morgan fingerprint density at radius 3 is 2.70 bits per heavy atom. The van der Waals surface area contributed by atoms with Gasteiger partial charge in [0, 0.05) is 23.6 Å². The third-order valence-electron chi connectivity index (χ3n) is 2.37. The Balaban J connectivity index is 2.02. The van der Waals surface area contributed by atoms with Gasteiger partial charge < -0.3 is 10.4 Å². The highest BCUT2D eigenvalue weighted by Crippen LogP contribution is 2.12. The van der Waals surface area contributed by atoms with E-state index in [2.05, 4.69) is 10.3 Å². The molecule has 5 nitrogen and oxygen atoms in total. The van der Waals surface area contributed by atoms with Gasteiger partial charge in [-0.2, -0.15) is 0 Å². The second-order valence-corrected chi connectivity index (χ2v) is 4.62. The normalized spacial score (nSPS) is 10.3. The van der Waals surface area contributed by atoms with E-state index >= 15 is 0 Å². The van der Waals surface area contributed by atoms with E-state index in [-0.39, 0.29) is 22.8 Å². The summed E-state index contributed by atoms with van der Waals surface area (Å²) in [6.07, 6.45) is 0. The van der Waals surface area contributed by atoms with Crippen LogP contribution in [0.5, 0.6) is 0 Å². The summed E-state index contributed by atoms with van der Waals surface area (Å²) >= 11 is 0.870. The van der Waals surface area contributed by atoms with Crippen molar-refractivity contribution in [3.05, 3.63) is 51.5 Å². The molecular weight excluding hydrogens is 290 g/mol. The van der Waals surface area contributed by atoms with Crippen LogP contribution in [-0.2, 0) is 6.54 Å². The van der Waals surface area contributed by atoms with E-state index in [1.165, 1.54) is 11.4 Å². The fourth-order valence-corrected chi connectivity index (χ4v) is 2.10. The molecule has 20 heavy (non-hydrogen) atoms. The molecular formula is C12H8F2N2O3S. The molecule has 2 N–H and O–H groups in total. The van der Waals surface area contributed by atoms with Gasteiger partial charge in [0.2, 0.25) is 0 Å². The minimum absolute atomic E-state index is 0.0371. The molecule has 0 aliphatic carbocycles. The number of carbonyl (C=O) groups is 2. The minimum Gasteiger partial charge on any atom is -0.476 e. The zero-order valence-electron chi connectivity index (χ0n) is 9.89. The average Bonchev–Trinajstić information content (AvgIpc) is 2.87. The molecule has 0 saturated heterocycles. The predicted octanol–water partition coefficient (Wildman–Crippen LogP) is 2.05. The maximum Gasteiger partial charge on any atom is 0.355 e. The first-order valence-corrected chi connectivity index (χ1v) is 6.26. The molecule has 0 fully saturated rings. The number of benzene rings is 1. The standard InChI is InChI=1S/C12H8F2N2O3S/c13-7-2-1-6(8(14)3-7)4-15-10(17)11-16-9(5-20-11)12(18)19/h1-3,5H,4H2,(H,15,17)(H,18,19). The third kappa shape index (κ3) is 3.15. The molecule has 0 atom stereocenters. The molecule has 104 valence electrons. The fraction of sp³-hybridized carbons (Fsp3) is 0.0833. The van der Waals surface area contributed by atoms with Crippen LogP contribution in [0, 0.1) is 11.6 Å². The van der Waals surface area contributed by atoms with Gasteiger partial charge >= 0.3 is 5.97 Å². The number of nitrogens with zero attached hydrogens (tertiary/aromatic N) is 1. The van der Waals surface area contributed by atoms with Gasteiger partial charge in [-0.15, -0.1) is 11.3 Å². The van der Waals surface area contributed by atoms with Crippen LogP contribution in [0.2, 0.25) is 0 Å². The van der Waals surface area contributed by atoms with Crippen molar-refractivity contribution < 1.29 is 23.5 Å². The Morgan fingerprint density at radius 2 is 2.10 bits per heavy atom. The summed E-state index contributed by atoms with van der Waals surface area (Å²) in [6, 6.07) is 3.01. The number of carbonyl (C=O) groups excluding carboxylic acids is 1. The Kier molecular flexibility index (Phi) is 4.04. The van der Waals surface area contributed by atoms with Gasteiger partial charge in [0.1, 0.15) is 11.6 Å². The summed E-state index contributed by atoms with van der Waals surface area (Å²) in [7, 11) is 0. The lowest BCUT2D eigenvalue weighted by molar-refractivity contribution is 0.0691. The van der Waals surface area contributed by atoms with Gasteiger partial charge in [0.15, 0.2) is 10.7 Å². The molecule has 0 bridgehead atoms. The van der Waals surface area contributed by atoms with E-state index in [0.717, 1.165) is 17.4 Å². The van der Waals surface area contributed by atoms with Crippen LogP contribution in [-0.4, -0.2) is 22.0 Å². The third-order valence-corrected chi connectivity index (χ3v) is 3.21. The molecule has 2 rings (SSSR count). The molecule has 0 aliphatic heterocycles. The highest BCUT2D eigenvalue weighted by atomic mass is 32.1. The van der Waals surface area contributed by atoms with E-state index in [9.17, 15) is 18.4 Å². The van der Waals surface area contributed by atoms with Crippen molar-refractivity contribution in [3.63, 3.8) is 0 Å². The van der Waals surface area contributed by atoms with E-state index in [0.29, 0.717) is 6.07 Å². The van der Waals surface area contributed by atoms with Crippen molar-refractivity contribution in [2.24, 2.45) is 0 Å². The molecule has 0 unspecified atom stereocenters. The van der Waals surface area contributed by atoms with E-state index in [1.807, 2.05) is 0 Å². The number of carboxylic acids is 1. The predicted molar refractivity (Wildman–Crippen MR) is 66.6 cm³/mol. The molecule has 0 radical (unpaired) electrons. The highest BCUT2D eigenvalue weighted by Gasteiger charge is 2.15. The van der Waals surface area contributed by atoms with Gasteiger partial charge in [0.05, 0.1) is 0 Å². The van der Waals surface area contributed by atoms with Crippen LogP contribution in [0.25, 0.3) is 0 Å². The first-order chi connectivity index (χ1) is 9.47. The molecule has 1 aromatic heterocycles. The van der Waals surface area contributed by atoms with Crippen LogP contribution in [0.4, 0.5) is 8.78 Å². The minimum atomic E-state index is -1.23. The second kappa shape index (κ2) is 5.74. The number of hydrogen-bond acceptors (Lipinski definition) is 4. The Labute approximate surface area is 115 Å². The monoisotopic (exact) mass is 298 g/mol. The quantitative estimate of drug-likeness (QED) is 0.905. The van der Waals surface area contributed by atoms with E-state index < -0.39 is 23.5 Å². The van der Waals surface area contributed by atoms with Crippen LogP contribution >= 0.6 is 11.3 Å². The van der Waals surface area contributed by atoms with Crippen molar-refractivity contribution in [2.45, 2.75) is 6.54 Å². The summed E-state index contributed by atoms with van der Waals surface area (Å²) in [6.45, 7) is -0.146. The summed E-state index contributed by atoms with van der Waals surface area (Å²) in [4.78, 5) is 25.9. The molecule has 1 heterocycles. The lowest BCUT2D eigenvalue weighted by atomic mass is 10.2. The number of aromatic nitrogens is 1. The Bertz CT molecular complexity index is 672. The summed E-state index contributed by atoms with van der Waals surface area (Å²) < 4.78 is 26.0. The summed E-state index contributed by atoms with van der Waals surface area (Å²) in [5, 5.41) is 12.3. The van der Waals surface area contributed by atoms with Crippen molar-refractivity contribution in [3.8, 4) is 0 Å². The van der Waals surface area contributed by atoms with Gasteiger partial charge in [-0.25, -0.2) is 18.6 Å². The number of nitrogens with one attached hydrogen (secondary N) is 1. The number of carboxylic acid groups (broad SMARTS) is 1. The largest absolute Gasteiger partial charge is 0.476 e. The van der Waals surface area contributed by atoms with Crippen LogP contribution < -0.4 is 5.32 Å². The lowest BCUT2D eigenvalue weighted by Gasteiger charge is -2.04. The Morgan fingerprint density at radius 1 is 1.35 bits per heavy atom. The van der Waals surface area contributed by atoms with Crippen LogP contribution in [0.1, 0.15) is 25.9 Å². The lowest BCUT2D eigenvalue weighted by Crippen LogP contribution is -2.23. The van der Waals surface area contributed by atoms with Crippen LogP contribution in [0.15, 0.2) is 23.6 Å². The number of thiazole rings is 1. The first-order valence-electron chi connectivity index (χ1n) is 5.38. The van der Waals surface area contributed by atoms with Gasteiger partial charge in [0.25, 0.3) is 5.91 Å². The number of hydrogen-bond donors (Lipinski definition) is 2. The van der Waals surface area contributed by atoms with Gasteiger partial charge in [-0.05, 0) is 6.07 Å². The van der Waals surface area contributed by atoms with Gasteiger partial charge in [-0.1, -0.05) is 6.07 Å². The molecule has 0 saturated carbocycles. The fourth-order valence-electron chi connectivity index (χ4n) is 1.39. The van der Waals surface area contributed by atoms with E-state index in [4.69, 9.17) is 5.11 Å². The molecule has 0 aliphatic rings. The molecule has 8 heteroatoms. The van der Waals surface area contributed by atoms with Crippen molar-refractivity contribution in [1.82, 2.24) is 10.3 Å². The highest BCUT2D eigenvalue weighted by molar-refractivity contribution is 7.11. The zero-order valence-corrected chi connectivity index (χ0v) is 10.7. The number of halogens is 2. The van der Waals surface area contributed by atoms with Crippen molar-refractivity contribution in [2.75, 3.05) is 0 Å². The molecule has 2 aromatic rings. The zero-order chi connectivity index (χ0) is 14.7. The maximum absolute atomic E-state index is 13.3. The van der Waals surface area contributed by atoms with Crippen molar-refractivity contribution >= 4 is 23.2 Å². The van der Waals surface area contributed by atoms with Gasteiger partial charge in [-0.3, -0.25) is 4.79 Å².